The number of fused-ring (bicyclic) bond motifs is 2. The molecular weight excluding hydrogens is 296 g/mol. The summed E-state index contributed by atoms with van der Waals surface area (Å²) in [5.74, 6) is 1.36. The van der Waals surface area contributed by atoms with Crippen LogP contribution in [-0.4, -0.2) is 26.4 Å². The van der Waals surface area contributed by atoms with Crippen molar-refractivity contribution < 1.29 is 0 Å². The zero-order valence-electron chi connectivity index (χ0n) is 14.6. The lowest BCUT2D eigenvalue weighted by Crippen LogP contribution is -2.31. The molecule has 24 heavy (non-hydrogen) atoms. The molecular formula is C20H24N4. The second-order valence-corrected chi connectivity index (χ2v) is 7.18. The zero-order valence-corrected chi connectivity index (χ0v) is 14.6. The van der Waals surface area contributed by atoms with Crippen molar-refractivity contribution in [2.24, 2.45) is 0 Å². The molecule has 0 saturated heterocycles. The molecule has 0 atom stereocenters. The summed E-state index contributed by atoms with van der Waals surface area (Å²) in [7, 11) is 0. The van der Waals surface area contributed by atoms with Crippen molar-refractivity contribution in [1.82, 2.24) is 19.9 Å². The van der Waals surface area contributed by atoms with Gasteiger partial charge in [0.1, 0.15) is 5.82 Å². The lowest BCUT2D eigenvalue weighted by Gasteiger charge is -2.28. The second kappa shape index (κ2) is 6.02. The molecule has 0 spiro atoms. The predicted octanol–water partition coefficient (Wildman–Crippen LogP) is 3.95. The third-order valence-corrected chi connectivity index (χ3v) is 4.86. The zero-order chi connectivity index (χ0) is 16.7. The number of aromatic nitrogens is 3. The maximum atomic E-state index is 4.76. The summed E-state index contributed by atoms with van der Waals surface area (Å²) in [5.41, 5.74) is 6.41. The number of rotatable bonds is 3. The maximum Gasteiger partial charge on any atom is 0.131 e. The monoisotopic (exact) mass is 320 g/mol. The molecule has 0 radical (unpaired) electrons. The van der Waals surface area contributed by atoms with Crippen LogP contribution in [0.25, 0.3) is 10.9 Å². The first-order chi connectivity index (χ1) is 11.6. The number of aryl methyl sites for hydroxylation is 1. The van der Waals surface area contributed by atoms with Gasteiger partial charge in [0.25, 0.3) is 0 Å². The van der Waals surface area contributed by atoms with Crippen LogP contribution >= 0.6 is 0 Å². The summed E-state index contributed by atoms with van der Waals surface area (Å²) in [6.07, 6.45) is 5.19. The van der Waals surface area contributed by atoms with Gasteiger partial charge in [-0.1, -0.05) is 25.5 Å². The van der Waals surface area contributed by atoms with Gasteiger partial charge in [0.05, 0.1) is 0 Å². The molecule has 0 aliphatic carbocycles. The molecule has 1 aliphatic rings. The smallest absolute Gasteiger partial charge is 0.131 e. The van der Waals surface area contributed by atoms with Crippen LogP contribution < -0.4 is 0 Å². The quantitative estimate of drug-likeness (QED) is 0.795. The van der Waals surface area contributed by atoms with E-state index >= 15 is 0 Å². The van der Waals surface area contributed by atoms with E-state index in [2.05, 4.69) is 60.0 Å². The predicted molar refractivity (Wildman–Crippen MR) is 97.0 cm³/mol. The van der Waals surface area contributed by atoms with Crippen molar-refractivity contribution in [3.63, 3.8) is 0 Å². The summed E-state index contributed by atoms with van der Waals surface area (Å²) in [4.78, 5) is 15.2. The number of benzene rings is 1. The number of aromatic amines is 1. The molecule has 3 aromatic rings. The highest BCUT2D eigenvalue weighted by molar-refractivity contribution is 5.83. The Morgan fingerprint density at radius 3 is 3.00 bits per heavy atom. The van der Waals surface area contributed by atoms with E-state index in [0.29, 0.717) is 5.92 Å². The topological polar surface area (TPSA) is 44.8 Å². The Bertz CT molecular complexity index is 878. The van der Waals surface area contributed by atoms with E-state index in [1.165, 1.54) is 33.3 Å². The highest BCUT2D eigenvalue weighted by Crippen LogP contribution is 2.24. The highest BCUT2D eigenvalue weighted by Gasteiger charge is 2.20. The molecule has 0 fully saturated rings. The molecule has 124 valence electrons. The molecule has 1 aliphatic heterocycles. The van der Waals surface area contributed by atoms with Crippen molar-refractivity contribution >= 4 is 10.9 Å². The highest BCUT2D eigenvalue weighted by atomic mass is 15.1. The first kappa shape index (κ1) is 15.3. The number of hydrogen-bond acceptors (Lipinski definition) is 3. The van der Waals surface area contributed by atoms with Gasteiger partial charge in [0.15, 0.2) is 0 Å². The van der Waals surface area contributed by atoms with Gasteiger partial charge >= 0.3 is 0 Å². The van der Waals surface area contributed by atoms with Crippen LogP contribution in [0.4, 0.5) is 0 Å². The second-order valence-electron chi connectivity index (χ2n) is 7.18. The number of H-pyrrole nitrogens is 1. The third kappa shape index (κ3) is 2.82. The minimum Gasteiger partial charge on any atom is -0.361 e. The molecule has 0 bridgehead atoms. The van der Waals surface area contributed by atoms with Crippen LogP contribution in [0.2, 0.25) is 0 Å². The van der Waals surface area contributed by atoms with Crippen LogP contribution in [-0.2, 0) is 19.5 Å². The van der Waals surface area contributed by atoms with E-state index < -0.39 is 0 Å². The average molecular weight is 320 g/mol. The SMILES string of the molecule is Cc1ccc2[nH]cc(CN3CCc4nc(C(C)C)ncc4C3)c2c1. The van der Waals surface area contributed by atoms with Gasteiger partial charge in [-0.15, -0.1) is 0 Å². The molecule has 1 aromatic carbocycles. The Kier molecular flexibility index (Phi) is 3.85. The Morgan fingerprint density at radius 2 is 2.17 bits per heavy atom. The van der Waals surface area contributed by atoms with Gasteiger partial charge in [-0.05, 0) is 24.6 Å². The van der Waals surface area contributed by atoms with E-state index in [1.807, 2.05) is 6.20 Å². The van der Waals surface area contributed by atoms with Gasteiger partial charge in [-0.3, -0.25) is 4.90 Å². The molecule has 0 unspecified atom stereocenters. The Balaban J connectivity index is 1.55. The summed E-state index contributed by atoms with van der Waals surface area (Å²) < 4.78 is 0. The fraction of sp³-hybridized carbons (Fsp3) is 0.400. The molecule has 0 amide bonds. The van der Waals surface area contributed by atoms with Gasteiger partial charge < -0.3 is 4.98 Å². The van der Waals surface area contributed by atoms with E-state index in [0.717, 1.165) is 31.9 Å². The first-order valence-electron chi connectivity index (χ1n) is 8.74. The summed E-state index contributed by atoms with van der Waals surface area (Å²) >= 11 is 0. The minimum atomic E-state index is 0.391. The van der Waals surface area contributed by atoms with E-state index in [-0.39, 0.29) is 0 Å². The van der Waals surface area contributed by atoms with Crippen molar-refractivity contribution in [2.45, 2.75) is 46.2 Å². The minimum absolute atomic E-state index is 0.391. The number of nitrogens with one attached hydrogen (secondary N) is 1. The van der Waals surface area contributed by atoms with Gasteiger partial charge in [0.2, 0.25) is 0 Å². The lowest BCUT2D eigenvalue weighted by atomic mass is 10.0. The van der Waals surface area contributed by atoms with Crippen LogP contribution in [0.3, 0.4) is 0 Å². The van der Waals surface area contributed by atoms with E-state index in [9.17, 15) is 0 Å². The van der Waals surface area contributed by atoms with Gasteiger partial charge in [0, 0.05) is 66.5 Å². The molecule has 4 nitrogen and oxygen atoms in total. The fourth-order valence-electron chi connectivity index (χ4n) is 3.47. The molecule has 4 heteroatoms. The fourth-order valence-corrected chi connectivity index (χ4v) is 3.47. The van der Waals surface area contributed by atoms with E-state index in [4.69, 9.17) is 4.98 Å². The number of hydrogen-bond donors (Lipinski definition) is 1. The van der Waals surface area contributed by atoms with Crippen molar-refractivity contribution in [3.8, 4) is 0 Å². The largest absolute Gasteiger partial charge is 0.361 e. The summed E-state index contributed by atoms with van der Waals surface area (Å²) in [6.45, 7) is 9.41. The van der Waals surface area contributed by atoms with Crippen molar-refractivity contribution in [1.29, 1.82) is 0 Å². The molecule has 1 N–H and O–H groups in total. The van der Waals surface area contributed by atoms with Gasteiger partial charge in [-0.25, -0.2) is 9.97 Å². The standard InChI is InChI=1S/C20H24N4/c1-13(2)20-22-10-16-12-24(7-6-18(16)23-20)11-15-9-21-19-5-4-14(3)8-17(15)19/h4-5,8-10,13,21H,6-7,11-12H2,1-3H3. The lowest BCUT2D eigenvalue weighted by molar-refractivity contribution is 0.243. The third-order valence-electron chi connectivity index (χ3n) is 4.86. The number of nitrogens with zero attached hydrogens (tertiary/aromatic N) is 3. The molecule has 0 saturated carbocycles. The van der Waals surface area contributed by atoms with Gasteiger partial charge in [-0.2, -0.15) is 0 Å². The molecule has 2 aromatic heterocycles. The van der Waals surface area contributed by atoms with E-state index in [1.54, 1.807) is 0 Å². The maximum absolute atomic E-state index is 4.76. The van der Waals surface area contributed by atoms with Crippen LogP contribution in [0.15, 0.2) is 30.6 Å². The van der Waals surface area contributed by atoms with Crippen molar-refractivity contribution in [2.75, 3.05) is 6.54 Å². The first-order valence-corrected chi connectivity index (χ1v) is 8.74. The summed E-state index contributed by atoms with van der Waals surface area (Å²) in [6, 6.07) is 6.60. The Labute approximate surface area is 142 Å². The summed E-state index contributed by atoms with van der Waals surface area (Å²) in [5, 5.41) is 1.34. The Morgan fingerprint density at radius 1 is 1.29 bits per heavy atom. The van der Waals surface area contributed by atoms with Crippen LogP contribution in [0, 0.1) is 6.92 Å². The Hall–Kier alpha value is -2.20. The van der Waals surface area contributed by atoms with Crippen LogP contribution in [0.5, 0.6) is 0 Å². The molecule has 4 rings (SSSR count). The van der Waals surface area contributed by atoms with Crippen molar-refractivity contribution in [3.05, 3.63) is 58.8 Å². The normalized spacial score (nSPS) is 15.2. The van der Waals surface area contributed by atoms with Crippen LogP contribution in [0.1, 0.15) is 48.0 Å². The average Bonchev–Trinajstić information content (AvgIpc) is 2.96. The molecule has 3 heterocycles.